The molecule has 5 rings (SSSR count). The third-order valence-electron chi connectivity index (χ3n) is 6.92. The average Bonchev–Trinajstić information content (AvgIpc) is 2.63. The summed E-state index contributed by atoms with van der Waals surface area (Å²) in [6.45, 7) is 2.08. The van der Waals surface area contributed by atoms with Crippen molar-refractivity contribution in [3.8, 4) is 0 Å². The lowest BCUT2D eigenvalue weighted by atomic mass is 9.49. The second kappa shape index (κ2) is 7.46. The summed E-state index contributed by atoms with van der Waals surface area (Å²) in [5.74, 6) is 2.14. The van der Waals surface area contributed by atoms with Gasteiger partial charge in [0.1, 0.15) is 0 Å². The molecule has 1 aromatic rings. The zero-order valence-corrected chi connectivity index (χ0v) is 16.7. The largest absolute Gasteiger partial charge is 0.348 e. The maximum atomic E-state index is 13.0. The Morgan fingerprint density at radius 1 is 1.15 bits per heavy atom. The fourth-order valence-electron chi connectivity index (χ4n) is 6.13. The fourth-order valence-corrected chi connectivity index (χ4v) is 6.33. The lowest BCUT2D eigenvalue weighted by Crippen LogP contribution is -2.54. The van der Waals surface area contributed by atoms with E-state index in [-0.39, 0.29) is 29.8 Å². The van der Waals surface area contributed by atoms with E-state index < -0.39 is 0 Å². The summed E-state index contributed by atoms with van der Waals surface area (Å²) in [4.78, 5) is 25.4. The zero-order chi connectivity index (χ0) is 19.0. The molecule has 4 bridgehead atoms. The lowest BCUT2D eigenvalue weighted by molar-refractivity contribution is -0.147. The number of hydrogen-bond acceptors (Lipinski definition) is 2. The van der Waals surface area contributed by atoms with Crippen molar-refractivity contribution < 1.29 is 9.59 Å². The Kier molecular flexibility index (Phi) is 5.19. The molecular formula is C22H29ClN2O2. The molecule has 27 heavy (non-hydrogen) atoms. The first-order valence-corrected chi connectivity index (χ1v) is 10.7. The summed E-state index contributed by atoms with van der Waals surface area (Å²) in [7, 11) is 0. The first-order chi connectivity index (χ1) is 13.0. The summed E-state index contributed by atoms with van der Waals surface area (Å²) in [5, 5.41) is 6.64. The molecule has 0 aliphatic heterocycles. The van der Waals surface area contributed by atoms with Gasteiger partial charge in [-0.15, -0.1) is 0 Å². The van der Waals surface area contributed by atoms with Crippen molar-refractivity contribution in [2.75, 3.05) is 6.54 Å². The molecule has 0 heterocycles. The van der Waals surface area contributed by atoms with Crippen molar-refractivity contribution in [2.45, 2.75) is 57.9 Å². The van der Waals surface area contributed by atoms with Gasteiger partial charge in [-0.05, 0) is 80.4 Å². The molecular weight excluding hydrogens is 360 g/mol. The number of benzene rings is 1. The third kappa shape index (κ3) is 3.87. The van der Waals surface area contributed by atoms with Gasteiger partial charge in [0.05, 0.1) is 12.6 Å². The predicted molar refractivity (Wildman–Crippen MR) is 106 cm³/mol. The molecule has 0 spiro atoms. The quantitative estimate of drug-likeness (QED) is 0.765. The fraction of sp³-hybridized carbons (Fsp3) is 0.636. The molecule has 4 nitrogen and oxygen atoms in total. The summed E-state index contributed by atoms with van der Waals surface area (Å²) < 4.78 is 0. The summed E-state index contributed by atoms with van der Waals surface area (Å²) in [6.07, 6.45) is 7.77. The molecule has 2 N–H and O–H groups in total. The molecule has 1 unspecified atom stereocenters. The second-order valence-electron chi connectivity index (χ2n) is 8.96. The molecule has 0 aromatic heterocycles. The van der Waals surface area contributed by atoms with Gasteiger partial charge >= 0.3 is 0 Å². The highest BCUT2D eigenvalue weighted by molar-refractivity contribution is 6.30. The van der Waals surface area contributed by atoms with Crippen LogP contribution in [0.5, 0.6) is 0 Å². The van der Waals surface area contributed by atoms with Crippen LogP contribution in [0.4, 0.5) is 0 Å². The Labute approximate surface area is 166 Å². The highest BCUT2D eigenvalue weighted by Crippen LogP contribution is 2.60. The number of halogens is 1. The Morgan fingerprint density at radius 2 is 1.78 bits per heavy atom. The van der Waals surface area contributed by atoms with E-state index in [0.29, 0.717) is 5.02 Å². The van der Waals surface area contributed by atoms with E-state index in [1.165, 1.54) is 19.3 Å². The highest BCUT2D eigenvalue weighted by atomic mass is 35.5. The van der Waals surface area contributed by atoms with E-state index in [9.17, 15) is 9.59 Å². The summed E-state index contributed by atoms with van der Waals surface area (Å²) >= 11 is 6.07. The van der Waals surface area contributed by atoms with Gasteiger partial charge < -0.3 is 10.6 Å². The number of hydrogen-bond donors (Lipinski definition) is 2. The molecule has 5 heteroatoms. The molecule has 4 saturated carbocycles. The van der Waals surface area contributed by atoms with Crippen molar-refractivity contribution in [2.24, 2.45) is 23.2 Å². The number of nitrogens with one attached hydrogen (secondary N) is 2. The van der Waals surface area contributed by atoms with Crippen LogP contribution < -0.4 is 10.6 Å². The summed E-state index contributed by atoms with van der Waals surface area (Å²) in [6, 6.07) is 7.47. The first-order valence-electron chi connectivity index (χ1n) is 10.3. The molecule has 2 amide bonds. The van der Waals surface area contributed by atoms with Crippen molar-refractivity contribution in [1.82, 2.24) is 10.6 Å². The number of carbonyl (C=O) groups is 2. The van der Waals surface area contributed by atoms with Crippen LogP contribution in [-0.4, -0.2) is 18.4 Å². The maximum Gasteiger partial charge on any atom is 0.239 e. The van der Waals surface area contributed by atoms with Gasteiger partial charge in [0.15, 0.2) is 0 Å². The monoisotopic (exact) mass is 388 g/mol. The van der Waals surface area contributed by atoms with Crippen molar-refractivity contribution >= 4 is 23.4 Å². The summed E-state index contributed by atoms with van der Waals surface area (Å²) in [5.41, 5.74) is 0.789. The molecule has 4 fully saturated rings. The molecule has 0 radical (unpaired) electrons. The standard InChI is InChI=1S/C22H29ClN2O2/c1-2-19(17-4-3-5-18(23)9-17)25-20(26)13-24-21(27)22-10-14-6-15(11-22)8-16(7-14)12-22/h3-5,9,14-16,19H,2,6-8,10-13H2,1H3,(H,24,27)(H,25,26). The van der Waals surface area contributed by atoms with Gasteiger partial charge in [-0.1, -0.05) is 30.7 Å². The molecule has 1 atom stereocenters. The number of rotatable bonds is 6. The lowest BCUT2D eigenvalue weighted by Gasteiger charge is -2.55. The first kappa shape index (κ1) is 18.8. The van der Waals surface area contributed by atoms with Gasteiger partial charge in [-0.3, -0.25) is 9.59 Å². The normalized spacial score (nSPS) is 32.1. The third-order valence-corrected chi connectivity index (χ3v) is 7.16. The maximum absolute atomic E-state index is 13.0. The Balaban J connectivity index is 1.33. The van der Waals surface area contributed by atoms with Gasteiger partial charge in [0.25, 0.3) is 0 Å². The Bertz CT molecular complexity index is 697. The predicted octanol–water partition coefficient (Wildman–Crippen LogP) is 4.24. The van der Waals surface area contributed by atoms with Crippen LogP contribution in [0.3, 0.4) is 0 Å². The van der Waals surface area contributed by atoms with Crippen LogP contribution in [0.1, 0.15) is 63.5 Å². The van der Waals surface area contributed by atoms with Crippen molar-refractivity contribution in [3.63, 3.8) is 0 Å². The SMILES string of the molecule is CCC(NC(=O)CNC(=O)C12CC3CC(CC(C3)C1)C2)c1cccc(Cl)c1. The van der Waals surface area contributed by atoms with Crippen molar-refractivity contribution in [1.29, 1.82) is 0 Å². The van der Waals surface area contributed by atoms with Crippen LogP contribution in [0, 0.1) is 23.2 Å². The van der Waals surface area contributed by atoms with E-state index >= 15 is 0 Å². The van der Waals surface area contributed by atoms with Crippen LogP contribution in [0.2, 0.25) is 5.02 Å². The van der Waals surface area contributed by atoms with Crippen LogP contribution in [-0.2, 0) is 9.59 Å². The Morgan fingerprint density at radius 3 is 2.33 bits per heavy atom. The molecule has 146 valence electrons. The zero-order valence-electron chi connectivity index (χ0n) is 16.0. The van der Waals surface area contributed by atoms with Gasteiger partial charge in [0, 0.05) is 10.4 Å². The van der Waals surface area contributed by atoms with E-state index in [1.54, 1.807) is 0 Å². The molecule has 4 aliphatic rings. The topological polar surface area (TPSA) is 58.2 Å². The minimum absolute atomic E-state index is 0.0532. The Hall–Kier alpha value is -1.55. The van der Waals surface area contributed by atoms with Crippen molar-refractivity contribution in [3.05, 3.63) is 34.9 Å². The van der Waals surface area contributed by atoms with E-state index in [1.807, 2.05) is 31.2 Å². The minimum Gasteiger partial charge on any atom is -0.348 e. The van der Waals surface area contributed by atoms with Crippen LogP contribution in [0.15, 0.2) is 24.3 Å². The molecule has 0 saturated heterocycles. The van der Waals surface area contributed by atoms with Gasteiger partial charge in [-0.2, -0.15) is 0 Å². The van der Waals surface area contributed by atoms with E-state index in [0.717, 1.165) is 49.0 Å². The highest BCUT2D eigenvalue weighted by Gasteiger charge is 2.54. The molecule has 1 aromatic carbocycles. The number of carbonyl (C=O) groups excluding carboxylic acids is 2. The van der Waals surface area contributed by atoms with Gasteiger partial charge in [-0.25, -0.2) is 0 Å². The molecule has 4 aliphatic carbocycles. The average molecular weight is 389 g/mol. The second-order valence-corrected chi connectivity index (χ2v) is 9.40. The smallest absolute Gasteiger partial charge is 0.239 e. The van der Waals surface area contributed by atoms with Crippen LogP contribution >= 0.6 is 11.6 Å². The minimum atomic E-state index is -0.202. The number of amides is 2. The van der Waals surface area contributed by atoms with E-state index in [2.05, 4.69) is 10.6 Å². The van der Waals surface area contributed by atoms with Gasteiger partial charge in [0.2, 0.25) is 11.8 Å². The van der Waals surface area contributed by atoms with E-state index in [4.69, 9.17) is 11.6 Å². The van der Waals surface area contributed by atoms with Crippen LogP contribution in [0.25, 0.3) is 0 Å².